The monoisotopic (exact) mass is 250 g/mol. The van der Waals surface area contributed by atoms with E-state index in [-0.39, 0.29) is 11.9 Å². The number of carbonyl (C=O) groups is 2. The molecule has 1 heterocycles. The quantitative estimate of drug-likeness (QED) is 0.342. The van der Waals surface area contributed by atoms with Crippen LogP contribution in [0.2, 0.25) is 0 Å². The van der Waals surface area contributed by atoms with E-state index in [1.807, 2.05) is 0 Å². The Kier molecular flexibility index (Phi) is 7.64. The van der Waals surface area contributed by atoms with Gasteiger partial charge in [0.2, 0.25) is 0 Å². The van der Waals surface area contributed by atoms with Crippen molar-refractivity contribution in [3.63, 3.8) is 0 Å². The Hall–Kier alpha value is -1.02. The number of aliphatic hydroxyl groups is 4. The van der Waals surface area contributed by atoms with E-state index in [0.29, 0.717) is 19.3 Å². The molecule has 0 atom stereocenters. The first-order valence-corrected chi connectivity index (χ1v) is 5.20. The van der Waals surface area contributed by atoms with Crippen molar-refractivity contribution in [2.45, 2.75) is 19.3 Å². The van der Waals surface area contributed by atoms with Gasteiger partial charge in [0.1, 0.15) is 0 Å². The minimum absolute atomic E-state index is 0.388. The van der Waals surface area contributed by atoms with Crippen LogP contribution in [-0.4, -0.2) is 58.8 Å². The van der Waals surface area contributed by atoms with Crippen molar-refractivity contribution >= 4 is 11.9 Å². The maximum atomic E-state index is 10.2. The summed E-state index contributed by atoms with van der Waals surface area (Å²) in [6, 6.07) is 0. The van der Waals surface area contributed by atoms with Gasteiger partial charge >= 0.3 is 11.9 Å². The van der Waals surface area contributed by atoms with Crippen molar-refractivity contribution < 1.29 is 34.8 Å². The smallest absolute Gasteiger partial charge is 0.313 e. The third-order valence-electron chi connectivity index (χ3n) is 2.33. The normalized spacial score (nSPS) is 16.0. The zero-order valence-corrected chi connectivity index (χ0v) is 9.46. The number of hydrogen-bond donors (Lipinski definition) is 4. The maximum absolute atomic E-state index is 10.2. The van der Waals surface area contributed by atoms with E-state index < -0.39 is 31.8 Å². The zero-order valence-electron chi connectivity index (χ0n) is 9.46. The molecule has 17 heavy (non-hydrogen) atoms. The van der Waals surface area contributed by atoms with Crippen LogP contribution in [0.25, 0.3) is 0 Å². The third-order valence-corrected chi connectivity index (χ3v) is 2.33. The van der Waals surface area contributed by atoms with Crippen molar-refractivity contribution in [2.75, 3.05) is 26.4 Å². The van der Waals surface area contributed by atoms with Crippen LogP contribution in [-0.2, 0) is 14.3 Å². The van der Waals surface area contributed by atoms with Gasteiger partial charge in [-0.25, -0.2) is 0 Å². The van der Waals surface area contributed by atoms with Crippen LogP contribution in [0.1, 0.15) is 19.3 Å². The summed E-state index contributed by atoms with van der Waals surface area (Å²) in [5.74, 6) is -0.775. The molecule has 0 aromatic carbocycles. The minimum Gasteiger partial charge on any atom is -0.396 e. The molecule has 0 saturated carbocycles. The number of hydrogen-bond acceptors (Lipinski definition) is 7. The lowest BCUT2D eigenvalue weighted by Gasteiger charge is -2.23. The average Bonchev–Trinajstić information content (AvgIpc) is 2.33. The lowest BCUT2D eigenvalue weighted by Crippen LogP contribution is -2.37. The largest absolute Gasteiger partial charge is 0.396 e. The molecular weight excluding hydrogens is 232 g/mol. The number of ether oxygens (including phenoxy) is 1. The highest BCUT2D eigenvalue weighted by molar-refractivity contribution is 5.87. The third kappa shape index (κ3) is 5.73. The number of cyclic esters (lactones) is 2. The topological polar surface area (TPSA) is 124 Å². The summed E-state index contributed by atoms with van der Waals surface area (Å²) in [6.07, 6.45) is 1.44. The second-order valence-corrected chi connectivity index (χ2v) is 3.83. The van der Waals surface area contributed by atoms with E-state index in [1.54, 1.807) is 0 Å². The molecule has 0 aromatic heterocycles. The Bertz CT molecular complexity index is 216. The summed E-state index contributed by atoms with van der Waals surface area (Å²) in [6.45, 7) is -1.62. The lowest BCUT2D eigenvalue weighted by atomic mass is 9.93. The van der Waals surface area contributed by atoms with Crippen LogP contribution in [0, 0.1) is 5.41 Å². The molecule has 7 heteroatoms. The molecule has 0 radical (unpaired) electrons. The van der Waals surface area contributed by atoms with Gasteiger partial charge in [0, 0.05) is 12.8 Å². The van der Waals surface area contributed by atoms with Crippen molar-refractivity contribution in [3.05, 3.63) is 0 Å². The molecule has 0 aromatic rings. The number of carbonyl (C=O) groups excluding carboxylic acids is 2. The zero-order chi connectivity index (χ0) is 13.3. The Labute approximate surface area is 98.6 Å². The summed E-state index contributed by atoms with van der Waals surface area (Å²) in [5, 5.41) is 34.0. The highest BCUT2D eigenvalue weighted by Crippen LogP contribution is 2.11. The molecule has 0 bridgehead atoms. The molecule has 7 nitrogen and oxygen atoms in total. The van der Waals surface area contributed by atoms with Crippen molar-refractivity contribution in [3.8, 4) is 0 Å². The predicted octanol–water partition coefficient (Wildman–Crippen LogP) is -1.82. The number of rotatable bonds is 4. The van der Waals surface area contributed by atoms with E-state index in [9.17, 15) is 9.59 Å². The molecule has 0 amide bonds. The van der Waals surface area contributed by atoms with Gasteiger partial charge in [0.05, 0.1) is 31.8 Å². The molecule has 1 aliphatic heterocycles. The molecule has 1 aliphatic rings. The number of aliphatic hydroxyl groups excluding tert-OH is 4. The van der Waals surface area contributed by atoms with Crippen molar-refractivity contribution in [1.29, 1.82) is 0 Å². The highest BCUT2D eigenvalue weighted by atomic mass is 16.6. The van der Waals surface area contributed by atoms with Crippen LogP contribution in [0.15, 0.2) is 0 Å². The van der Waals surface area contributed by atoms with Crippen LogP contribution < -0.4 is 0 Å². The second-order valence-electron chi connectivity index (χ2n) is 3.83. The van der Waals surface area contributed by atoms with Gasteiger partial charge in [-0.15, -0.1) is 0 Å². The predicted molar refractivity (Wildman–Crippen MR) is 55.7 cm³/mol. The fourth-order valence-electron chi connectivity index (χ4n) is 0.906. The first kappa shape index (κ1) is 16.0. The van der Waals surface area contributed by atoms with Crippen LogP contribution in [0.3, 0.4) is 0 Å². The van der Waals surface area contributed by atoms with Crippen LogP contribution in [0.4, 0.5) is 0 Å². The molecule has 4 N–H and O–H groups in total. The van der Waals surface area contributed by atoms with Gasteiger partial charge < -0.3 is 25.2 Å². The fourth-order valence-corrected chi connectivity index (χ4v) is 0.906. The van der Waals surface area contributed by atoms with Gasteiger partial charge in [-0.3, -0.25) is 9.59 Å². The summed E-state index contributed by atoms with van der Waals surface area (Å²) in [4.78, 5) is 20.5. The lowest BCUT2D eigenvalue weighted by molar-refractivity contribution is -0.163. The van der Waals surface area contributed by atoms with E-state index in [1.165, 1.54) is 0 Å². The molecule has 1 rings (SSSR count). The van der Waals surface area contributed by atoms with Gasteiger partial charge in [-0.1, -0.05) is 0 Å². The Morgan fingerprint density at radius 3 is 1.35 bits per heavy atom. The highest BCUT2D eigenvalue weighted by Gasteiger charge is 2.26. The van der Waals surface area contributed by atoms with Crippen LogP contribution >= 0.6 is 0 Å². The standard InChI is InChI=1S/C5H12O4.C5H6O3/c6-1-5(2-7,3-8)4-9;6-4-2-1-3-5(7)8-4/h6-9H,1-4H2;1-3H2. The minimum atomic E-state index is -1.11. The Morgan fingerprint density at radius 2 is 1.24 bits per heavy atom. The fraction of sp³-hybridized carbons (Fsp3) is 0.800. The van der Waals surface area contributed by atoms with Gasteiger partial charge in [-0.2, -0.15) is 0 Å². The summed E-state index contributed by atoms with van der Waals surface area (Å²) >= 11 is 0. The van der Waals surface area contributed by atoms with E-state index in [0.717, 1.165) is 0 Å². The van der Waals surface area contributed by atoms with E-state index in [4.69, 9.17) is 20.4 Å². The SMILES string of the molecule is O=C1CCCC(=O)O1.OCC(CO)(CO)CO. The van der Waals surface area contributed by atoms with Gasteiger partial charge in [0.15, 0.2) is 0 Å². The van der Waals surface area contributed by atoms with E-state index >= 15 is 0 Å². The summed E-state index contributed by atoms with van der Waals surface area (Å²) in [5.41, 5.74) is -1.11. The second kappa shape index (κ2) is 8.13. The molecule has 100 valence electrons. The van der Waals surface area contributed by atoms with Crippen molar-refractivity contribution in [1.82, 2.24) is 0 Å². The number of esters is 2. The summed E-state index contributed by atoms with van der Waals surface area (Å²) < 4.78 is 4.21. The maximum Gasteiger partial charge on any atom is 0.313 e. The molecule has 1 saturated heterocycles. The summed E-state index contributed by atoms with van der Waals surface area (Å²) in [7, 11) is 0. The van der Waals surface area contributed by atoms with E-state index in [2.05, 4.69) is 4.74 Å². The molecule has 0 unspecified atom stereocenters. The first-order chi connectivity index (χ1) is 8.03. The van der Waals surface area contributed by atoms with Crippen molar-refractivity contribution in [2.24, 2.45) is 5.41 Å². The van der Waals surface area contributed by atoms with Gasteiger partial charge in [-0.05, 0) is 6.42 Å². The Morgan fingerprint density at radius 1 is 0.882 bits per heavy atom. The Balaban J connectivity index is 0.000000302. The molecular formula is C10H18O7. The molecule has 0 spiro atoms. The molecule has 1 fully saturated rings. The van der Waals surface area contributed by atoms with Crippen LogP contribution in [0.5, 0.6) is 0 Å². The molecule has 0 aliphatic carbocycles. The first-order valence-electron chi connectivity index (χ1n) is 5.20. The average molecular weight is 250 g/mol. The van der Waals surface area contributed by atoms with Gasteiger partial charge in [0.25, 0.3) is 0 Å².